The first kappa shape index (κ1) is 21.5. The highest BCUT2D eigenvalue weighted by molar-refractivity contribution is 7.98. The normalized spacial score (nSPS) is 12.8. The van der Waals surface area contributed by atoms with Gasteiger partial charge in [0.2, 0.25) is 15.9 Å². The average molecular weight is 407 g/mol. The molecule has 1 N–H and O–H groups in total. The molecule has 27 heavy (non-hydrogen) atoms. The topological polar surface area (TPSA) is 66.5 Å². The minimum Gasteiger partial charge on any atom is -0.348 e. The van der Waals surface area contributed by atoms with E-state index in [-0.39, 0.29) is 23.4 Å². The minimum atomic E-state index is -3.71. The lowest BCUT2D eigenvalue weighted by Crippen LogP contribution is -2.39. The van der Waals surface area contributed by atoms with Crippen LogP contribution in [0.15, 0.2) is 52.3 Å². The molecule has 2 aromatic carbocycles. The van der Waals surface area contributed by atoms with Gasteiger partial charge in [-0.05, 0) is 68.0 Å². The highest BCUT2D eigenvalue weighted by Crippen LogP contribution is 2.20. The van der Waals surface area contributed by atoms with Gasteiger partial charge in [-0.3, -0.25) is 4.79 Å². The number of aryl methyl sites for hydroxylation is 2. The highest BCUT2D eigenvalue weighted by Gasteiger charge is 2.23. The van der Waals surface area contributed by atoms with Crippen LogP contribution < -0.4 is 5.32 Å². The van der Waals surface area contributed by atoms with Crippen LogP contribution in [0.25, 0.3) is 0 Å². The molecule has 0 spiro atoms. The van der Waals surface area contributed by atoms with Crippen molar-refractivity contribution < 1.29 is 13.2 Å². The maximum atomic E-state index is 12.6. The molecule has 0 aliphatic heterocycles. The second-order valence-electron chi connectivity index (χ2n) is 6.57. The van der Waals surface area contributed by atoms with Crippen LogP contribution in [0.2, 0.25) is 0 Å². The number of benzene rings is 2. The lowest BCUT2D eigenvalue weighted by atomic mass is 10.0. The van der Waals surface area contributed by atoms with E-state index in [1.165, 1.54) is 12.6 Å². The Balaban J connectivity index is 2.03. The fourth-order valence-electron chi connectivity index (χ4n) is 2.62. The molecular weight excluding hydrogens is 380 g/mol. The predicted octanol–water partition coefficient (Wildman–Crippen LogP) is 3.52. The van der Waals surface area contributed by atoms with Crippen LogP contribution in [0.3, 0.4) is 0 Å². The number of rotatable bonds is 7. The van der Waals surface area contributed by atoms with Crippen molar-refractivity contribution in [1.29, 1.82) is 0 Å². The summed E-state index contributed by atoms with van der Waals surface area (Å²) in [5, 5.41) is 2.87. The van der Waals surface area contributed by atoms with E-state index < -0.39 is 10.0 Å². The van der Waals surface area contributed by atoms with Gasteiger partial charge < -0.3 is 5.32 Å². The molecular formula is C20H26N2O3S2. The van der Waals surface area contributed by atoms with Crippen LogP contribution >= 0.6 is 11.8 Å². The number of amides is 1. The fraction of sp³-hybridized carbons (Fsp3) is 0.350. The van der Waals surface area contributed by atoms with Crippen LogP contribution in [0, 0.1) is 13.8 Å². The third kappa shape index (κ3) is 5.34. The summed E-state index contributed by atoms with van der Waals surface area (Å²) in [5.74, 6) is -0.340. The Bertz CT molecular complexity index is 909. The zero-order valence-corrected chi connectivity index (χ0v) is 17.9. The Hall–Kier alpha value is -1.83. The predicted molar refractivity (Wildman–Crippen MR) is 111 cm³/mol. The van der Waals surface area contributed by atoms with Crippen molar-refractivity contribution in [3.63, 3.8) is 0 Å². The number of hydrogen-bond acceptors (Lipinski definition) is 4. The number of likely N-dealkylation sites (N-methyl/N-ethyl adjacent to an activating group) is 1. The third-order valence-electron chi connectivity index (χ3n) is 4.54. The van der Waals surface area contributed by atoms with Crippen LogP contribution in [0.5, 0.6) is 0 Å². The maximum absolute atomic E-state index is 12.6. The van der Waals surface area contributed by atoms with Crippen molar-refractivity contribution in [2.75, 3.05) is 19.8 Å². The Morgan fingerprint density at radius 3 is 2.30 bits per heavy atom. The van der Waals surface area contributed by atoms with Crippen LogP contribution in [0.4, 0.5) is 0 Å². The lowest BCUT2D eigenvalue weighted by Gasteiger charge is -2.20. The van der Waals surface area contributed by atoms with Gasteiger partial charge in [-0.25, -0.2) is 8.42 Å². The Morgan fingerprint density at radius 2 is 1.74 bits per heavy atom. The first-order valence-electron chi connectivity index (χ1n) is 8.62. The lowest BCUT2D eigenvalue weighted by molar-refractivity contribution is -0.121. The van der Waals surface area contributed by atoms with Crippen molar-refractivity contribution in [1.82, 2.24) is 9.62 Å². The fourth-order valence-corrected chi connectivity index (χ4v) is 4.15. The van der Waals surface area contributed by atoms with Crippen LogP contribution in [-0.2, 0) is 14.8 Å². The third-order valence-corrected chi connectivity index (χ3v) is 7.10. The highest BCUT2D eigenvalue weighted by atomic mass is 32.2. The standard InChI is InChI=1S/C20H26N2O3S2/c1-14-6-7-17(12-15(14)2)16(3)21-20(23)13-22(4)27(24,25)19-10-8-18(26-5)9-11-19/h6-12,16H,13H2,1-5H3,(H,21,23). The summed E-state index contributed by atoms with van der Waals surface area (Å²) in [6.45, 7) is 5.71. The molecule has 0 saturated heterocycles. The second kappa shape index (κ2) is 8.91. The minimum absolute atomic E-state index is 0.179. The van der Waals surface area contributed by atoms with Gasteiger partial charge in [0.1, 0.15) is 0 Å². The quantitative estimate of drug-likeness (QED) is 0.715. The molecule has 1 atom stereocenters. The number of nitrogens with one attached hydrogen (secondary N) is 1. The molecule has 146 valence electrons. The van der Waals surface area contributed by atoms with Crippen molar-refractivity contribution in [3.8, 4) is 0 Å². The first-order chi connectivity index (χ1) is 12.6. The molecule has 2 rings (SSSR count). The molecule has 1 amide bonds. The van der Waals surface area contributed by atoms with E-state index in [9.17, 15) is 13.2 Å². The molecule has 0 fully saturated rings. The van der Waals surface area contributed by atoms with Crippen LogP contribution in [-0.4, -0.2) is 38.5 Å². The van der Waals surface area contributed by atoms with Crippen molar-refractivity contribution >= 4 is 27.7 Å². The van der Waals surface area contributed by atoms with E-state index in [4.69, 9.17) is 0 Å². The van der Waals surface area contributed by atoms with Crippen LogP contribution in [0.1, 0.15) is 29.7 Å². The number of carbonyl (C=O) groups excluding carboxylic acids is 1. The van der Waals surface area contributed by atoms with Crippen molar-refractivity contribution in [2.45, 2.75) is 36.6 Å². The largest absolute Gasteiger partial charge is 0.348 e. The van der Waals surface area contributed by atoms with Gasteiger partial charge in [0.15, 0.2) is 0 Å². The van der Waals surface area contributed by atoms with Crippen molar-refractivity contribution in [3.05, 3.63) is 59.2 Å². The van der Waals surface area contributed by atoms with Gasteiger partial charge >= 0.3 is 0 Å². The maximum Gasteiger partial charge on any atom is 0.243 e. The van der Waals surface area contributed by atoms with E-state index in [2.05, 4.69) is 5.32 Å². The summed E-state index contributed by atoms with van der Waals surface area (Å²) < 4.78 is 26.4. The molecule has 2 aromatic rings. The Labute approximate surface area is 166 Å². The monoisotopic (exact) mass is 406 g/mol. The van der Waals surface area contributed by atoms with Gasteiger partial charge in [0.05, 0.1) is 17.5 Å². The summed E-state index contributed by atoms with van der Waals surface area (Å²) >= 11 is 1.54. The molecule has 1 unspecified atom stereocenters. The number of carbonyl (C=O) groups is 1. The van der Waals surface area contributed by atoms with Gasteiger partial charge in [-0.15, -0.1) is 11.8 Å². The molecule has 0 aliphatic rings. The molecule has 0 aromatic heterocycles. The van der Waals surface area contributed by atoms with E-state index in [0.29, 0.717) is 0 Å². The molecule has 5 nitrogen and oxygen atoms in total. The van der Waals surface area contributed by atoms with Gasteiger partial charge in [-0.1, -0.05) is 18.2 Å². The summed E-state index contributed by atoms with van der Waals surface area (Å²) in [5.41, 5.74) is 3.34. The molecule has 7 heteroatoms. The van der Waals surface area contributed by atoms with E-state index in [1.54, 1.807) is 36.0 Å². The molecule has 0 radical (unpaired) electrons. The smallest absolute Gasteiger partial charge is 0.243 e. The number of hydrogen-bond donors (Lipinski definition) is 1. The summed E-state index contributed by atoms with van der Waals surface area (Å²) in [6.07, 6.45) is 1.93. The number of thioether (sulfide) groups is 1. The van der Waals surface area contributed by atoms with E-state index >= 15 is 0 Å². The second-order valence-corrected chi connectivity index (χ2v) is 9.49. The SMILES string of the molecule is CSc1ccc(S(=O)(=O)N(C)CC(=O)NC(C)c2ccc(C)c(C)c2)cc1. The summed E-state index contributed by atoms with van der Waals surface area (Å²) in [6, 6.07) is 12.5. The van der Waals surface area contributed by atoms with E-state index in [1.807, 2.05) is 45.2 Å². The summed E-state index contributed by atoms with van der Waals surface area (Å²) in [4.78, 5) is 13.5. The Morgan fingerprint density at radius 1 is 1.11 bits per heavy atom. The average Bonchev–Trinajstić information content (AvgIpc) is 2.63. The van der Waals surface area contributed by atoms with Crippen molar-refractivity contribution in [2.24, 2.45) is 0 Å². The van der Waals surface area contributed by atoms with Gasteiger partial charge in [0, 0.05) is 11.9 Å². The zero-order valence-electron chi connectivity index (χ0n) is 16.3. The van der Waals surface area contributed by atoms with Gasteiger partial charge in [-0.2, -0.15) is 4.31 Å². The molecule has 0 saturated carbocycles. The zero-order chi connectivity index (χ0) is 20.2. The van der Waals surface area contributed by atoms with E-state index in [0.717, 1.165) is 20.3 Å². The molecule has 0 bridgehead atoms. The van der Waals surface area contributed by atoms with Gasteiger partial charge in [0.25, 0.3) is 0 Å². The first-order valence-corrected chi connectivity index (χ1v) is 11.3. The Kier molecular flexibility index (Phi) is 7.08. The molecule has 0 heterocycles. The number of nitrogens with zero attached hydrogens (tertiary/aromatic N) is 1. The molecule has 0 aliphatic carbocycles. The summed E-state index contributed by atoms with van der Waals surface area (Å²) in [7, 11) is -2.29. The number of sulfonamides is 1.